The quantitative estimate of drug-likeness (QED) is 0.278. The molecule has 2 aromatic heterocycles. The predicted molar refractivity (Wildman–Crippen MR) is 130 cm³/mol. The molecule has 4 rings (SSSR count). The second kappa shape index (κ2) is 10.3. The van der Waals surface area contributed by atoms with Gasteiger partial charge in [-0.1, -0.05) is 0 Å². The van der Waals surface area contributed by atoms with Crippen molar-refractivity contribution in [3.05, 3.63) is 94.1 Å². The molecular formula is C24H19BrFN5O3. The number of rotatable bonds is 7. The third-order valence-corrected chi connectivity index (χ3v) is 5.20. The van der Waals surface area contributed by atoms with Crippen LogP contribution in [-0.4, -0.2) is 34.0 Å². The lowest BCUT2D eigenvalue weighted by molar-refractivity contribution is -0.118. The predicted octanol–water partition coefficient (Wildman–Crippen LogP) is 4.33. The fraction of sp³-hybridized carbons (Fsp3) is 0.0833. The fourth-order valence-electron chi connectivity index (χ4n) is 3.16. The van der Waals surface area contributed by atoms with Gasteiger partial charge in [0.2, 0.25) is 0 Å². The summed E-state index contributed by atoms with van der Waals surface area (Å²) in [5, 5.41) is 6.63. The van der Waals surface area contributed by atoms with Gasteiger partial charge in [0.15, 0.2) is 6.61 Å². The molecule has 0 spiro atoms. The molecule has 0 unspecified atom stereocenters. The van der Waals surface area contributed by atoms with E-state index in [9.17, 15) is 14.0 Å². The highest BCUT2D eigenvalue weighted by molar-refractivity contribution is 9.10. The molecule has 10 heteroatoms. The van der Waals surface area contributed by atoms with Crippen LogP contribution in [0.2, 0.25) is 0 Å². The van der Waals surface area contributed by atoms with Gasteiger partial charge in [-0.05, 0) is 89.1 Å². The number of carbonyl (C=O) groups is 2. The number of carbonyl (C=O) groups excluding carboxylic acids is 2. The lowest BCUT2D eigenvalue weighted by Gasteiger charge is -2.07. The summed E-state index contributed by atoms with van der Waals surface area (Å²) >= 11 is 3.40. The number of anilines is 1. The molecule has 0 aliphatic rings. The van der Waals surface area contributed by atoms with E-state index in [1.165, 1.54) is 30.5 Å². The number of halogens is 2. The van der Waals surface area contributed by atoms with Crippen LogP contribution < -0.4 is 15.5 Å². The minimum absolute atomic E-state index is 0.199. The van der Waals surface area contributed by atoms with Crippen molar-refractivity contribution in [2.45, 2.75) is 6.92 Å². The van der Waals surface area contributed by atoms with E-state index in [0.717, 1.165) is 10.0 Å². The molecule has 8 nitrogen and oxygen atoms in total. The molecule has 2 amide bonds. The Morgan fingerprint density at radius 3 is 2.59 bits per heavy atom. The van der Waals surface area contributed by atoms with Gasteiger partial charge in [0.05, 0.1) is 11.9 Å². The number of nitrogens with one attached hydrogen (secondary N) is 2. The van der Waals surface area contributed by atoms with Gasteiger partial charge >= 0.3 is 0 Å². The average molecular weight is 524 g/mol. The highest BCUT2D eigenvalue weighted by Gasteiger charge is 2.16. The summed E-state index contributed by atoms with van der Waals surface area (Å²) in [7, 11) is 0. The fourth-order valence-corrected chi connectivity index (χ4v) is 3.49. The van der Waals surface area contributed by atoms with Gasteiger partial charge in [-0.2, -0.15) is 5.10 Å². The highest BCUT2D eigenvalue weighted by atomic mass is 79.9. The summed E-state index contributed by atoms with van der Waals surface area (Å²) < 4.78 is 20.9. The van der Waals surface area contributed by atoms with E-state index in [1.807, 2.05) is 12.1 Å². The van der Waals surface area contributed by atoms with E-state index in [1.54, 1.807) is 41.8 Å². The summed E-state index contributed by atoms with van der Waals surface area (Å²) in [4.78, 5) is 29.0. The summed E-state index contributed by atoms with van der Waals surface area (Å²) in [6.45, 7) is 1.56. The molecular weight excluding hydrogens is 505 g/mol. The number of imidazole rings is 1. The first-order chi connectivity index (χ1) is 16.4. The number of aryl methyl sites for hydroxylation is 1. The zero-order valence-corrected chi connectivity index (χ0v) is 19.5. The standard InChI is InChI=1S/C24H19BrFN5O3/c1-15-23(31-13-17(25)4-11-21(31)28-15)24(33)30-27-12-16-2-9-20(10-3-16)34-14-22(32)29-19-7-5-18(26)6-8-19/h2-13H,14H2,1H3,(H,29,32)(H,30,33)/b27-12-. The monoisotopic (exact) mass is 523 g/mol. The van der Waals surface area contributed by atoms with Crippen molar-refractivity contribution in [2.75, 3.05) is 11.9 Å². The van der Waals surface area contributed by atoms with E-state index in [0.29, 0.717) is 28.5 Å². The maximum atomic E-state index is 12.9. The van der Waals surface area contributed by atoms with Crippen molar-refractivity contribution in [1.29, 1.82) is 0 Å². The lowest BCUT2D eigenvalue weighted by Crippen LogP contribution is -2.20. The Balaban J connectivity index is 1.30. The van der Waals surface area contributed by atoms with Crippen LogP contribution in [0.3, 0.4) is 0 Å². The van der Waals surface area contributed by atoms with E-state index in [4.69, 9.17) is 4.74 Å². The van der Waals surface area contributed by atoms with Crippen molar-refractivity contribution in [3.8, 4) is 5.75 Å². The van der Waals surface area contributed by atoms with Crippen LogP contribution >= 0.6 is 15.9 Å². The molecule has 0 saturated heterocycles. The molecule has 4 aromatic rings. The van der Waals surface area contributed by atoms with Gasteiger partial charge in [-0.15, -0.1) is 0 Å². The van der Waals surface area contributed by atoms with Gasteiger partial charge in [0.25, 0.3) is 11.8 Å². The van der Waals surface area contributed by atoms with Gasteiger partial charge in [0, 0.05) is 16.4 Å². The number of benzene rings is 2. The minimum Gasteiger partial charge on any atom is -0.484 e. The number of hydrazone groups is 1. The van der Waals surface area contributed by atoms with Crippen LogP contribution in [0.1, 0.15) is 21.7 Å². The van der Waals surface area contributed by atoms with Crippen molar-refractivity contribution >= 4 is 45.3 Å². The molecule has 0 atom stereocenters. The van der Waals surface area contributed by atoms with Crippen molar-refractivity contribution in [2.24, 2.45) is 5.10 Å². The van der Waals surface area contributed by atoms with Crippen LogP contribution in [-0.2, 0) is 4.79 Å². The largest absolute Gasteiger partial charge is 0.484 e. The first-order valence-corrected chi connectivity index (χ1v) is 10.9. The molecule has 0 aliphatic heterocycles. The number of hydrogen-bond donors (Lipinski definition) is 2. The van der Waals surface area contributed by atoms with Crippen molar-refractivity contribution in [3.63, 3.8) is 0 Å². The summed E-state index contributed by atoms with van der Waals surface area (Å²) in [6, 6.07) is 16.0. The smallest absolute Gasteiger partial charge is 0.290 e. The molecule has 0 bridgehead atoms. The lowest BCUT2D eigenvalue weighted by atomic mass is 10.2. The van der Waals surface area contributed by atoms with E-state index in [-0.39, 0.29) is 24.2 Å². The van der Waals surface area contributed by atoms with Gasteiger partial charge in [-0.25, -0.2) is 14.8 Å². The van der Waals surface area contributed by atoms with Crippen LogP contribution in [0.4, 0.5) is 10.1 Å². The molecule has 0 radical (unpaired) electrons. The summed E-state index contributed by atoms with van der Waals surface area (Å²) in [5.41, 5.74) is 5.38. The Morgan fingerprint density at radius 1 is 1.12 bits per heavy atom. The Bertz CT molecular complexity index is 1370. The number of amides is 2. The minimum atomic E-state index is -0.383. The van der Waals surface area contributed by atoms with E-state index < -0.39 is 0 Å². The zero-order chi connectivity index (χ0) is 24.1. The summed E-state index contributed by atoms with van der Waals surface area (Å²) in [6.07, 6.45) is 3.27. The number of pyridine rings is 1. The molecule has 2 heterocycles. The number of ether oxygens (including phenoxy) is 1. The highest BCUT2D eigenvalue weighted by Crippen LogP contribution is 2.17. The maximum absolute atomic E-state index is 12.9. The molecule has 172 valence electrons. The first kappa shape index (κ1) is 23.1. The van der Waals surface area contributed by atoms with Crippen LogP contribution in [0, 0.1) is 12.7 Å². The zero-order valence-electron chi connectivity index (χ0n) is 18.0. The Morgan fingerprint density at radius 2 is 1.85 bits per heavy atom. The number of fused-ring (bicyclic) bond motifs is 1. The third kappa shape index (κ3) is 5.65. The second-order valence-electron chi connectivity index (χ2n) is 7.23. The molecule has 0 saturated carbocycles. The molecule has 0 fully saturated rings. The van der Waals surface area contributed by atoms with Crippen molar-refractivity contribution in [1.82, 2.24) is 14.8 Å². The summed E-state index contributed by atoms with van der Waals surface area (Å²) in [5.74, 6) is -0.639. The van der Waals surface area contributed by atoms with E-state index >= 15 is 0 Å². The maximum Gasteiger partial charge on any atom is 0.290 e. The van der Waals surface area contributed by atoms with Crippen LogP contribution in [0.25, 0.3) is 5.65 Å². The Labute approximate surface area is 202 Å². The number of aromatic nitrogens is 2. The molecule has 2 N–H and O–H groups in total. The Kier molecular flexibility index (Phi) is 6.98. The molecule has 34 heavy (non-hydrogen) atoms. The topological polar surface area (TPSA) is 97.1 Å². The van der Waals surface area contributed by atoms with Gasteiger partial charge in [-0.3, -0.25) is 14.0 Å². The normalized spacial score (nSPS) is 11.0. The molecule has 2 aromatic carbocycles. The number of hydrogen-bond acceptors (Lipinski definition) is 5. The average Bonchev–Trinajstić information content (AvgIpc) is 3.15. The van der Waals surface area contributed by atoms with E-state index in [2.05, 4.69) is 36.8 Å². The van der Waals surface area contributed by atoms with Crippen molar-refractivity contribution < 1.29 is 18.7 Å². The third-order valence-electron chi connectivity index (χ3n) is 4.73. The molecule has 0 aliphatic carbocycles. The van der Waals surface area contributed by atoms with Crippen LogP contribution in [0.5, 0.6) is 5.75 Å². The van der Waals surface area contributed by atoms with Gasteiger partial charge in [0.1, 0.15) is 22.9 Å². The second-order valence-corrected chi connectivity index (χ2v) is 8.15. The Hall–Kier alpha value is -4.05. The first-order valence-electron chi connectivity index (χ1n) is 10.1. The SMILES string of the molecule is Cc1nc2ccc(Br)cn2c1C(=O)N/N=C\c1ccc(OCC(=O)Nc2ccc(F)cc2)cc1. The van der Waals surface area contributed by atoms with Crippen LogP contribution in [0.15, 0.2) is 76.4 Å². The van der Waals surface area contributed by atoms with Gasteiger partial charge < -0.3 is 10.1 Å². The number of nitrogens with zero attached hydrogens (tertiary/aromatic N) is 3.